The van der Waals surface area contributed by atoms with Crippen LogP contribution in [0, 0.1) is 0 Å². The maximum absolute atomic E-state index is 12.4. The molecule has 1 saturated heterocycles. The Kier molecular flexibility index (Phi) is 4.87. The molecule has 1 aromatic heterocycles. The molecule has 2 rings (SSSR count). The SMILES string of the molecule is CC1COC(CO)CN1C(=O)c1csc(CCN)n1. The number of aliphatic hydroxyl groups excluding tert-OH is 1. The molecule has 0 saturated carbocycles. The van der Waals surface area contributed by atoms with Crippen LogP contribution in [0.2, 0.25) is 0 Å². The van der Waals surface area contributed by atoms with Gasteiger partial charge in [0.1, 0.15) is 5.69 Å². The van der Waals surface area contributed by atoms with E-state index < -0.39 is 0 Å². The van der Waals surface area contributed by atoms with Gasteiger partial charge in [0, 0.05) is 18.3 Å². The summed E-state index contributed by atoms with van der Waals surface area (Å²) in [6.45, 7) is 3.23. The zero-order valence-corrected chi connectivity index (χ0v) is 11.7. The first kappa shape index (κ1) is 14.4. The number of aromatic nitrogens is 1. The number of aliphatic hydroxyl groups is 1. The molecule has 0 radical (unpaired) electrons. The van der Waals surface area contributed by atoms with E-state index in [0.717, 1.165) is 5.01 Å². The molecule has 1 amide bonds. The lowest BCUT2D eigenvalue weighted by molar-refractivity contribution is -0.0668. The van der Waals surface area contributed by atoms with Crippen molar-refractivity contribution in [1.29, 1.82) is 0 Å². The maximum Gasteiger partial charge on any atom is 0.273 e. The van der Waals surface area contributed by atoms with Gasteiger partial charge in [0.25, 0.3) is 5.91 Å². The Morgan fingerprint density at radius 2 is 2.53 bits per heavy atom. The molecular formula is C12H19N3O3S. The average molecular weight is 285 g/mol. The Hall–Kier alpha value is -1.02. The number of ether oxygens (including phenoxy) is 1. The van der Waals surface area contributed by atoms with E-state index in [9.17, 15) is 4.79 Å². The van der Waals surface area contributed by atoms with E-state index in [1.807, 2.05) is 6.92 Å². The van der Waals surface area contributed by atoms with E-state index in [0.29, 0.717) is 31.8 Å². The number of nitrogens with zero attached hydrogens (tertiary/aromatic N) is 2. The molecule has 3 N–H and O–H groups in total. The number of hydrogen-bond donors (Lipinski definition) is 2. The summed E-state index contributed by atoms with van der Waals surface area (Å²) < 4.78 is 5.42. The molecule has 2 atom stereocenters. The van der Waals surface area contributed by atoms with Crippen molar-refractivity contribution in [3.63, 3.8) is 0 Å². The van der Waals surface area contributed by atoms with Gasteiger partial charge in [-0.3, -0.25) is 4.79 Å². The largest absolute Gasteiger partial charge is 0.394 e. The number of morpholine rings is 1. The number of amides is 1. The zero-order valence-electron chi connectivity index (χ0n) is 10.9. The third kappa shape index (κ3) is 3.30. The predicted octanol–water partition coefficient (Wildman–Crippen LogP) is -0.134. The summed E-state index contributed by atoms with van der Waals surface area (Å²) >= 11 is 1.45. The Morgan fingerprint density at radius 3 is 3.21 bits per heavy atom. The third-order valence-corrected chi connectivity index (χ3v) is 4.01. The van der Waals surface area contributed by atoms with Gasteiger partial charge in [-0.15, -0.1) is 11.3 Å². The van der Waals surface area contributed by atoms with Crippen molar-refractivity contribution in [3.8, 4) is 0 Å². The van der Waals surface area contributed by atoms with Crippen LogP contribution in [0.5, 0.6) is 0 Å². The van der Waals surface area contributed by atoms with Crippen LogP contribution >= 0.6 is 11.3 Å². The van der Waals surface area contributed by atoms with Crippen molar-refractivity contribution in [2.24, 2.45) is 5.73 Å². The second-order valence-corrected chi connectivity index (χ2v) is 5.55. The highest BCUT2D eigenvalue weighted by Gasteiger charge is 2.30. The number of carbonyl (C=O) groups excluding carboxylic acids is 1. The lowest BCUT2D eigenvalue weighted by atomic mass is 10.2. The number of rotatable bonds is 4. The third-order valence-electron chi connectivity index (χ3n) is 3.10. The quantitative estimate of drug-likeness (QED) is 0.804. The van der Waals surface area contributed by atoms with Crippen LogP contribution in [-0.4, -0.2) is 59.3 Å². The minimum absolute atomic E-state index is 0.00467. The number of hydrogen-bond acceptors (Lipinski definition) is 6. The minimum Gasteiger partial charge on any atom is -0.394 e. The molecule has 2 unspecified atom stereocenters. The lowest BCUT2D eigenvalue weighted by Crippen LogP contribution is -2.52. The number of carbonyl (C=O) groups is 1. The van der Waals surface area contributed by atoms with Gasteiger partial charge in [-0.2, -0.15) is 0 Å². The highest BCUT2D eigenvalue weighted by Crippen LogP contribution is 2.17. The van der Waals surface area contributed by atoms with Gasteiger partial charge >= 0.3 is 0 Å². The molecule has 1 aliphatic heterocycles. The molecule has 0 aromatic carbocycles. The molecule has 2 heterocycles. The first-order valence-corrected chi connectivity index (χ1v) is 7.21. The zero-order chi connectivity index (χ0) is 13.8. The van der Waals surface area contributed by atoms with Gasteiger partial charge in [0.05, 0.1) is 30.4 Å². The molecule has 0 spiro atoms. The Morgan fingerprint density at radius 1 is 1.74 bits per heavy atom. The molecule has 6 nitrogen and oxygen atoms in total. The van der Waals surface area contributed by atoms with Crippen LogP contribution < -0.4 is 5.73 Å². The summed E-state index contributed by atoms with van der Waals surface area (Å²) in [5, 5.41) is 11.8. The van der Waals surface area contributed by atoms with Crippen LogP contribution in [0.15, 0.2) is 5.38 Å². The van der Waals surface area contributed by atoms with Crippen molar-refractivity contribution >= 4 is 17.2 Å². The summed E-state index contributed by atoms with van der Waals surface area (Å²) in [6.07, 6.45) is 0.387. The van der Waals surface area contributed by atoms with Crippen molar-refractivity contribution in [2.45, 2.75) is 25.5 Å². The Labute approximate surface area is 116 Å². The molecular weight excluding hydrogens is 266 g/mol. The van der Waals surface area contributed by atoms with E-state index in [-0.39, 0.29) is 24.7 Å². The summed E-state index contributed by atoms with van der Waals surface area (Å²) in [7, 11) is 0. The van der Waals surface area contributed by atoms with E-state index in [1.54, 1.807) is 10.3 Å². The minimum atomic E-state index is -0.303. The molecule has 19 heavy (non-hydrogen) atoms. The summed E-state index contributed by atoms with van der Waals surface area (Å²) in [5.41, 5.74) is 5.93. The molecule has 106 valence electrons. The van der Waals surface area contributed by atoms with Crippen LogP contribution in [0.1, 0.15) is 22.4 Å². The Balaban J connectivity index is 2.08. The highest BCUT2D eigenvalue weighted by atomic mass is 32.1. The Bertz CT molecular complexity index is 438. The molecule has 1 aromatic rings. The second kappa shape index (κ2) is 6.42. The van der Waals surface area contributed by atoms with Gasteiger partial charge in [-0.25, -0.2) is 4.98 Å². The summed E-state index contributed by atoms with van der Waals surface area (Å²) in [5.74, 6) is -0.103. The van der Waals surface area contributed by atoms with E-state index >= 15 is 0 Å². The lowest BCUT2D eigenvalue weighted by Gasteiger charge is -2.37. The number of thiazole rings is 1. The van der Waals surface area contributed by atoms with Crippen molar-refractivity contribution < 1.29 is 14.6 Å². The molecule has 0 aliphatic carbocycles. The van der Waals surface area contributed by atoms with E-state index in [2.05, 4.69) is 4.98 Å². The molecule has 7 heteroatoms. The van der Waals surface area contributed by atoms with Crippen LogP contribution in [0.4, 0.5) is 0 Å². The predicted molar refractivity (Wildman–Crippen MR) is 72.2 cm³/mol. The van der Waals surface area contributed by atoms with Gasteiger partial charge in [-0.1, -0.05) is 0 Å². The first-order chi connectivity index (χ1) is 9.15. The fourth-order valence-corrected chi connectivity index (χ4v) is 2.79. The van der Waals surface area contributed by atoms with Crippen LogP contribution in [0.25, 0.3) is 0 Å². The topological polar surface area (TPSA) is 88.7 Å². The van der Waals surface area contributed by atoms with Gasteiger partial charge in [-0.05, 0) is 13.5 Å². The maximum atomic E-state index is 12.4. The molecule has 1 fully saturated rings. The summed E-state index contributed by atoms with van der Waals surface area (Å²) in [4.78, 5) is 18.4. The first-order valence-electron chi connectivity index (χ1n) is 6.33. The van der Waals surface area contributed by atoms with Gasteiger partial charge in [0.15, 0.2) is 0 Å². The average Bonchev–Trinajstić information content (AvgIpc) is 2.88. The van der Waals surface area contributed by atoms with E-state index in [4.69, 9.17) is 15.6 Å². The van der Waals surface area contributed by atoms with Crippen molar-refractivity contribution in [2.75, 3.05) is 26.3 Å². The monoisotopic (exact) mass is 285 g/mol. The molecule has 1 aliphatic rings. The fourth-order valence-electron chi connectivity index (χ4n) is 2.01. The smallest absolute Gasteiger partial charge is 0.273 e. The summed E-state index contributed by atoms with van der Waals surface area (Å²) in [6, 6.07) is -0.00467. The van der Waals surface area contributed by atoms with Crippen molar-refractivity contribution in [3.05, 3.63) is 16.1 Å². The fraction of sp³-hybridized carbons (Fsp3) is 0.667. The van der Waals surface area contributed by atoms with Gasteiger partial charge in [0.2, 0.25) is 0 Å². The van der Waals surface area contributed by atoms with E-state index in [1.165, 1.54) is 11.3 Å². The second-order valence-electron chi connectivity index (χ2n) is 4.61. The van der Waals surface area contributed by atoms with Crippen LogP contribution in [0.3, 0.4) is 0 Å². The van der Waals surface area contributed by atoms with Crippen LogP contribution in [-0.2, 0) is 11.2 Å². The normalized spacial score (nSPS) is 23.6. The molecule has 0 bridgehead atoms. The highest BCUT2D eigenvalue weighted by molar-refractivity contribution is 7.09. The number of nitrogens with two attached hydrogens (primary N) is 1. The van der Waals surface area contributed by atoms with Gasteiger partial charge < -0.3 is 20.5 Å². The van der Waals surface area contributed by atoms with Crippen molar-refractivity contribution in [1.82, 2.24) is 9.88 Å². The standard InChI is InChI=1S/C12H19N3O3S/c1-8-6-18-9(5-16)4-15(8)12(17)10-7-19-11(14-10)2-3-13/h7-9,16H,2-6,13H2,1H3.